The lowest BCUT2D eigenvalue weighted by Gasteiger charge is -2.41. The molecule has 0 aromatic rings. The van der Waals surface area contributed by atoms with Gasteiger partial charge >= 0.3 is 5.97 Å². The van der Waals surface area contributed by atoms with E-state index in [4.69, 9.17) is 14.2 Å². The zero-order valence-electron chi connectivity index (χ0n) is 61.7. The zero-order chi connectivity index (χ0) is 67.4. The number of hydrogen-bond donors (Lipinski definition) is 6. The average Bonchev–Trinajstić information content (AvgIpc) is 0.844. The summed E-state index contributed by atoms with van der Waals surface area (Å²) in [5, 5.41) is 57.5. The number of allylic oxidation sites excluding steroid dienone is 3. The predicted octanol–water partition coefficient (Wildman–Crippen LogP) is 22.3. The minimum atomic E-state index is -1.61. The maximum atomic E-state index is 13.5. The van der Waals surface area contributed by atoms with Crippen LogP contribution in [0.3, 0.4) is 0 Å². The van der Waals surface area contributed by atoms with Crippen molar-refractivity contribution in [2.45, 2.75) is 474 Å². The summed E-state index contributed by atoms with van der Waals surface area (Å²) in [5.74, 6) is -1.17. The summed E-state index contributed by atoms with van der Waals surface area (Å²) >= 11 is 0. The largest absolute Gasteiger partial charge is 0.454 e. The van der Waals surface area contributed by atoms with Gasteiger partial charge in [0.25, 0.3) is 0 Å². The summed E-state index contributed by atoms with van der Waals surface area (Å²) in [6.07, 6.45) is 76.7. The van der Waals surface area contributed by atoms with E-state index in [1.54, 1.807) is 6.08 Å². The van der Waals surface area contributed by atoms with Gasteiger partial charge < -0.3 is 45.1 Å². The molecule has 11 nitrogen and oxygen atoms in total. The standard InChI is InChI=1S/C82H157NO10/c1-4-7-10-13-16-19-22-25-27-29-31-33-35-37-38-39-41-43-45-47-49-52-55-58-61-64-67-70-77(87)93-80-79(89)78(88)76(71-84)92-82(80)91-72-73(74(85)68-65-62-59-56-53-50-24-21-18-15-12-9-6-3)83-81(90)75(86)69-66-63-60-57-54-51-48-46-44-42-40-36-34-32-30-28-26-23-20-17-14-11-8-5-2/h25,27,65,68,73-76,78-80,82,84-86,88-89H,4-24,26,28-64,66-67,69-72H2,1-3H3,(H,83,90)/b27-25+,68-65+. The lowest BCUT2D eigenvalue weighted by molar-refractivity contribution is -0.305. The molecule has 1 rings (SSSR count). The number of aliphatic hydroxyl groups excluding tert-OH is 5. The first-order valence-corrected chi connectivity index (χ1v) is 41.1. The van der Waals surface area contributed by atoms with Crippen molar-refractivity contribution in [3.8, 4) is 0 Å². The molecule has 550 valence electrons. The number of nitrogens with one attached hydrogen (secondary N) is 1. The van der Waals surface area contributed by atoms with Gasteiger partial charge in [-0.05, 0) is 51.4 Å². The molecule has 0 saturated carbocycles. The van der Waals surface area contributed by atoms with Crippen LogP contribution >= 0.6 is 0 Å². The Morgan fingerprint density at radius 3 is 1.04 bits per heavy atom. The van der Waals surface area contributed by atoms with Gasteiger partial charge in [0, 0.05) is 6.42 Å². The first-order valence-electron chi connectivity index (χ1n) is 41.1. The summed E-state index contributed by atoms with van der Waals surface area (Å²) in [5.41, 5.74) is 0. The van der Waals surface area contributed by atoms with E-state index >= 15 is 0 Å². The van der Waals surface area contributed by atoms with Crippen LogP contribution in [0.1, 0.15) is 425 Å². The van der Waals surface area contributed by atoms with E-state index in [2.05, 4.69) is 38.2 Å². The highest BCUT2D eigenvalue weighted by Crippen LogP contribution is 2.27. The first kappa shape index (κ1) is 89.2. The van der Waals surface area contributed by atoms with Crippen LogP contribution in [0.2, 0.25) is 0 Å². The predicted molar refractivity (Wildman–Crippen MR) is 394 cm³/mol. The number of rotatable bonds is 73. The number of aliphatic hydroxyl groups is 5. The molecule has 0 aliphatic carbocycles. The highest BCUT2D eigenvalue weighted by atomic mass is 16.7. The Morgan fingerprint density at radius 1 is 0.409 bits per heavy atom. The van der Waals surface area contributed by atoms with E-state index in [0.717, 1.165) is 57.8 Å². The molecule has 1 heterocycles. The van der Waals surface area contributed by atoms with Gasteiger partial charge in [-0.3, -0.25) is 9.59 Å². The van der Waals surface area contributed by atoms with Crippen molar-refractivity contribution in [3.63, 3.8) is 0 Å². The SMILES string of the molecule is CCCCCCCC/C=C/CCCCCCCCCCCCCCCCCCCC(=O)OC1C(OCC(NC(=O)C(O)CCCCCCCCCCCCCCCCCCCCCCCCCC)C(O)/C=C/CCCCCCCCCCCCC)OC(CO)C(O)C1O. The van der Waals surface area contributed by atoms with Crippen LogP contribution in [-0.4, -0.2) is 99.6 Å². The lowest BCUT2D eigenvalue weighted by atomic mass is 9.99. The Kier molecular flexibility index (Phi) is 67.1. The van der Waals surface area contributed by atoms with E-state index in [9.17, 15) is 35.1 Å². The highest BCUT2D eigenvalue weighted by molar-refractivity contribution is 5.80. The molecule has 93 heavy (non-hydrogen) atoms. The van der Waals surface area contributed by atoms with E-state index < -0.39 is 67.4 Å². The molecule has 0 bridgehead atoms. The summed E-state index contributed by atoms with van der Waals surface area (Å²) in [6.45, 7) is 5.88. The molecule has 1 saturated heterocycles. The Balaban J connectivity index is 2.48. The van der Waals surface area contributed by atoms with Crippen LogP contribution in [0, 0.1) is 0 Å². The molecular weight excluding hydrogens is 1160 g/mol. The van der Waals surface area contributed by atoms with Crippen molar-refractivity contribution in [2.24, 2.45) is 0 Å². The fraction of sp³-hybridized carbons (Fsp3) is 0.927. The van der Waals surface area contributed by atoms with Crippen molar-refractivity contribution < 1.29 is 49.3 Å². The van der Waals surface area contributed by atoms with E-state index in [1.807, 2.05) is 6.08 Å². The van der Waals surface area contributed by atoms with E-state index in [-0.39, 0.29) is 13.0 Å². The lowest BCUT2D eigenvalue weighted by Crippen LogP contribution is -2.61. The summed E-state index contributed by atoms with van der Waals surface area (Å²) in [6, 6.07) is -1.02. The Labute approximate surface area is 575 Å². The number of amides is 1. The van der Waals surface area contributed by atoms with Gasteiger partial charge in [0.1, 0.15) is 24.4 Å². The minimum Gasteiger partial charge on any atom is -0.454 e. The number of hydrogen-bond acceptors (Lipinski definition) is 10. The zero-order valence-corrected chi connectivity index (χ0v) is 61.7. The number of carbonyl (C=O) groups excluding carboxylic acids is 2. The molecule has 0 aromatic carbocycles. The van der Waals surface area contributed by atoms with Crippen LogP contribution in [0.4, 0.5) is 0 Å². The maximum Gasteiger partial charge on any atom is 0.306 e. The second kappa shape index (κ2) is 70.0. The fourth-order valence-electron chi connectivity index (χ4n) is 13.4. The third-order valence-corrected chi connectivity index (χ3v) is 19.9. The molecule has 11 heteroatoms. The van der Waals surface area contributed by atoms with Crippen LogP contribution < -0.4 is 5.32 Å². The normalized spacial score (nSPS) is 17.9. The van der Waals surface area contributed by atoms with Crippen molar-refractivity contribution in [3.05, 3.63) is 24.3 Å². The van der Waals surface area contributed by atoms with Crippen molar-refractivity contribution in [2.75, 3.05) is 13.2 Å². The molecule has 0 spiro atoms. The number of carbonyl (C=O) groups is 2. The molecular formula is C82H157NO10. The smallest absolute Gasteiger partial charge is 0.306 e. The minimum absolute atomic E-state index is 0.130. The molecule has 1 fully saturated rings. The molecule has 8 unspecified atom stereocenters. The van der Waals surface area contributed by atoms with Crippen LogP contribution in [-0.2, 0) is 23.8 Å². The average molecular weight is 1320 g/mol. The van der Waals surface area contributed by atoms with Crippen molar-refractivity contribution >= 4 is 11.9 Å². The van der Waals surface area contributed by atoms with Crippen LogP contribution in [0.15, 0.2) is 24.3 Å². The van der Waals surface area contributed by atoms with Gasteiger partial charge in [-0.15, -0.1) is 0 Å². The summed E-state index contributed by atoms with van der Waals surface area (Å²) in [4.78, 5) is 26.8. The highest BCUT2D eigenvalue weighted by Gasteiger charge is 2.47. The van der Waals surface area contributed by atoms with Gasteiger partial charge in [0.05, 0.1) is 25.4 Å². The van der Waals surface area contributed by atoms with Gasteiger partial charge in [-0.2, -0.15) is 0 Å². The first-order chi connectivity index (χ1) is 45.7. The Hall–Kier alpha value is -1.86. The Morgan fingerprint density at radius 2 is 0.710 bits per heavy atom. The number of esters is 1. The van der Waals surface area contributed by atoms with Gasteiger partial charge in [0.15, 0.2) is 12.4 Å². The van der Waals surface area contributed by atoms with Gasteiger partial charge in [-0.25, -0.2) is 0 Å². The second-order valence-electron chi connectivity index (χ2n) is 28.9. The maximum absolute atomic E-state index is 13.5. The van der Waals surface area contributed by atoms with Crippen LogP contribution in [0.5, 0.6) is 0 Å². The number of unbranched alkanes of at least 4 members (excludes halogenated alkanes) is 57. The molecule has 0 aromatic heterocycles. The summed E-state index contributed by atoms with van der Waals surface area (Å²) < 4.78 is 17.8. The monoisotopic (exact) mass is 1320 g/mol. The second-order valence-corrected chi connectivity index (χ2v) is 28.9. The fourth-order valence-corrected chi connectivity index (χ4v) is 13.4. The van der Waals surface area contributed by atoms with Crippen molar-refractivity contribution in [1.29, 1.82) is 0 Å². The van der Waals surface area contributed by atoms with Crippen LogP contribution in [0.25, 0.3) is 0 Å². The number of ether oxygens (including phenoxy) is 3. The molecule has 0 radical (unpaired) electrons. The van der Waals surface area contributed by atoms with E-state index in [1.165, 1.54) is 321 Å². The Bertz CT molecular complexity index is 1610. The van der Waals surface area contributed by atoms with E-state index in [0.29, 0.717) is 19.3 Å². The van der Waals surface area contributed by atoms with Gasteiger partial charge in [-0.1, -0.05) is 392 Å². The molecule has 1 amide bonds. The molecule has 1 aliphatic rings. The third kappa shape index (κ3) is 56.7. The van der Waals surface area contributed by atoms with Gasteiger partial charge in [0.2, 0.25) is 5.91 Å². The van der Waals surface area contributed by atoms with Crippen molar-refractivity contribution in [1.82, 2.24) is 5.32 Å². The topological polar surface area (TPSA) is 175 Å². The third-order valence-electron chi connectivity index (χ3n) is 19.9. The molecule has 1 aliphatic heterocycles. The quantitative estimate of drug-likeness (QED) is 0.0195. The molecule has 8 atom stereocenters. The molecule has 6 N–H and O–H groups in total. The summed E-state index contributed by atoms with van der Waals surface area (Å²) in [7, 11) is 0.